The molecule has 0 aliphatic heterocycles. The molecule has 1 rings (SSSR count). The van der Waals surface area contributed by atoms with E-state index in [0.717, 1.165) is 0 Å². The zero-order valence-corrected chi connectivity index (χ0v) is 11.2. The van der Waals surface area contributed by atoms with Gasteiger partial charge in [0.2, 0.25) is 0 Å². The van der Waals surface area contributed by atoms with E-state index in [0.29, 0.717) is 5.02 Å². The summed E-state index contributed by atoms with van der Waals surface area (Å²) in [6.45, 7) is 0. The summed E-state index contributed by atoms with van der Waals surface area (Å²) in [7, 11) is 2.97. The van der Waals surface area contributed by atoms with Gasteiger partial charge in [-0.25, -0.2) is 0 Å². The summed E-state index contributed by atoms with van der Waals surface area (Å²) in [5.41, 5.74) is -0.183. The highest BCUT2D eigenvalue weighted by molar-refractivity contribution is 6.35. The molecule has 0 fully saturated rings. The third-order valence-corrected chi connectivity index (χ3v) is 2.70. The number of aliphatic hydroxyl groups excluding tert-OH is 1. The first-order valence-electron chi connectivity index (χ1n) is 4.89. The Bertz CT molecular complexity index is 560. The second-order valence-electron chi connectivity index (χ2n) is 3.66. The molecule has 0 saturated heterocycles. The van der Waals surface area contributed by atoms with Crippen molar-refractivity contribution in [2.24, 2.45) is 0 Å². The molecule has 0 unspecified atom stereocenters. The van der Waals surface area contributed by atoms with E-state index < -0.39 is 11.7 Å². The number of aliphatic hydroxyl groups is 1. The van der Waals surface area contributed by atoms with E-state index in [4.69, 9.17) is 28.5 Å². The first-order chi connectivity index (χ1) is 8.38. The third kappa shape index (κ3) is 2.95. The normalized spacial score (nSPS) is 11.5. The van der Waals surface area contributed by atoms with Gasteiger partial charge in [-0.05, 0) is 18.2 Å². The standard InChI is InChI=1S/C12H10Cl2N2O2/c1-16(2)12(18)9(6-15)11(17)8-4-3-7(13)5-10(8)14/h3-5,17H,1-2H3. The number of rotatable bonds is 2. The van der Waals surface area contributed by atoms with Gasteiger partial charge in [0.1, 0.15) is 11.8 Å². The number of hydrogen-bond acceptors (Lipinski definition) is 3. The molecule has 1 N–H and O–H groups in total. The molecule has 0 aliphatic rings. The van der Waals surface area contributed by atoms with E-state index in [1.165, 1.54) is 37.2 Å². The van der Waals surface area contributed by atoms with Crippen molar-refractivity contribution in [3.63, 3.8) is 0 Å². The molecule has 0 aromatic heterocycles. The van der Waals surface area contributed by atoms with Gasteiger partial charge in [-0.2, -0.15) is 5.26 Å². The van der Waals surface area contributed by atoms with Crippen molar-refractivity contribution in [1.82, 2.24) is 4.90 Å². The fourth-order valence-corrected chi connectivity index (χ4v) is 1.74. The van der Waals surface area contributed by atoms with Gasteiger partial charge in [0.05, 0.1) is 5.02 Å². The zero-order chi connectivity index (χ0) is 13.9. The fraction of sp³-hybridized carbons (Fsp3) is 0.167. The number of halogens is 2. The van der Waals surface area contributed by atoms with Crippen LogP contribution in [0, 0.1) is 11.3 Å². The Hall–Kier alpha value is -1.70. The molecule has 0 radical (unpaired) electrons. The summed E-state index contributed by atoms with van der Waals surface area (Å²) < 4.78 is 0. The Morgan fingerprint density at radius 3 is 2.44 bits per heavy atom. The SMILES string of the molecule is CN(C)C(=O)C(C#N)=C(O)c1ccc(Cl)cc1Cl. The van der Waals surface area contributed by atoms with Crippen LogP contribution in [0.15, 0.2) is 23.8 Å². The van der Waals surface area contributed by atoms with Gasteiger partial charge < -0.3 is 10.0 Å². The predicted octanol–water partition coefficient (Wildman–Crippen LogP) is 2.87. The van der Waals surface area contributed by atoms with Gasteiger partial charge in [0, 0.05) is 24.7 Å². The first kappa shape index (κ1) is 14.4. The summed E-state index contributed by atoms with van der Waals surface area (Å²) in [5.74, 6) is -1.06. The van der Waals surface area contributed by atoms with Crippen LogP contribution in [0.1, 0.15) is 5.56 Å². The molecule has 94 valence electrons. The molecular weight excluding hydrogens is 275 g/mol. The lowest BCUT2D eigenvalue weighted by molar-refractivity contribution is -0.124. The van der Waals surface area contributed by atoms with Crippen molar-refractivity contribution in [2.75, 3.05) is 14.1 Å². The maximum Gasteiger partial charge on any atom is 0.267 e. The summed E-state index contributed by atoms with van der Waals surface area (Å²) >= 11 is 11.6. The van der Waals surface area contributed by atoms with Gasteiger partial charge in [0.25, 0.3) is 5.91 Å². The Labute approximate surface area is 115 Å². The van der Waals surface area contributed by atoms with Crippen molar-refractivity contribution >= 4 is 34.9 Å². The summed E-state index contributed by atoms with van der Waals surface area (Å²) in [6, 6.07) is 6.04. The Kier molecular flexibility index (Phi) is 4.60. The second kappa shape index (κ2) is 5.76. The second-order valence-corrected chi connectivity index (χ2v) is 4.50. The molecule has 1 aromatic carbocycles. The monoisotopic (exact) mass is 284 g/mol. The van der Waals surface area contributed by atoms with E-state index in [1.807, 2.05) is 0 Å². The van der Waals surface area contributed by atoms with Crippen LogP contribution in [-0.2, 0) is 4.79 Å². The number of likely N-dealkylation sites (N-methyl/N-ethyl adjacent to an activating group) is 1. The van der Waals surface area contributed by atoms with Gasteiger partial charge in [-0.15, -0.1) is 0 Å². The number of nitriles is 1. The highest BCUT2D eigenvalue weighted by Crippen LogP contribution is 2.27. The molecular formula is C12H10Cl2N2O2. The molecule has 6 heteroatoms. The lowest BCUT2D eigenvalue weighted by Gasteiger charge is -2.11. The zero-order valence-electron chi connectivity index (χ0n) is 9.74. The number of amides is 1. The van der Waals surface area contributed by atoms with Crippen molar-refractivity contribution in [3.05, 3.63) is 39.4 Å². The van der Waals surface area contributed by atoms with Gasteiger partial charge in [0.15, 0.2) is 5.57 Å². The smallest absolute Gasteiger partial charge is 0.267 e. The third-order valence-electron chi connectivity index (χ3n) is 2.15. The van der Waals surface area contributed by atoms with Gasteiger partial charge in [-0.1, -0.05) is 23.2 Å². The number of benzene rings is 1. The van der Waals surface area contributed by atoms with Crippen LogP contribution in [0.4, 0.5) is 0 Å². The minimum atomic E-state index is -0.596. The number of nitrogens with zero attached hydrogens (tertiary/aromatic N) is 2. The molecule has 1 aromatic rings. The van der Waals surface area contributed by atoms with Crippen LogP contribution in [0.2, 0.25) is 10.0 Å². The highest BCUT2D eigenvalue weighted by Gasteiger charge is 2.19. The van der Waals surface area contributed by atoms with Gasteiger partial charge >= 0.3 is 0 Å². The van der Waals surface area contributed by atoms with Crippen molar-refractivity contribution in [2.45, 2.75) is 0 Å². The molecule has 0 aliphatic carbocycles. The number of carbonyl (C=O) groups is 1. The lowest BCUT2D eigenvalue weighted by atomic mass is 10.1. The van der Waals surface area contributed by atoms with Crippen LogP contribution in [0.5, 0.6) is 0 Å². The van der Waals surface area contributed by atoms with Crippen LogP contribution >= 0.6 is 23.2 Å². The fourth-order valence-electron chi connectivity index (χ4n) is 1.24. The van der Waals surface area contributed by atoms with E-state index in [-0.39, 0.29) is 16.2 Å². The maximum absolute atomic E-state index is 11.7. The minimum Gasteiger partial charge on any atom is -0.506 e. The first-order valence-corrected chi connectivity index (χ1v) is 5.64. The van der Waals surface area contributed by atoms with Crippen LogP contribution in [-0.4, -0.2) is 30.0 Å². The Morgan fingerprint density at radius 2 is 2.00 bits per heavy atom. The summed E-state index contributed by atoms with van der Waals surface area (Å²) in [4.78, 5) is 12.9. The number of carbonyl (C=O) groups excluding carboxylic acids is 1. The quantitative estimate of drug-likeness (QED) is 0.516. The van der Waals surface area contributed by atoms with Crippen molar-refractivity contribution in [3.8, 4) is 6.07 Å². The number of hydrogen-bond donors (Lipinski definition) is 1. The molecule has 1 amide bonds. The van der Waals surface area contributed by atoms with Crippen molar-refractivity contribution < 1.29 is 9.90 Å². The van der Waals surface area contributed by atoms with E-state index in [2.05, 4.69) is 0 Å². The largest absolute Gasteiger partial charge is 0.506 e. The minimum absolute atomic E-state index is 0.166. The lowest BCUT2D eigenvalue weighted by Crippen LogP contribution is -2.23. The molecule has 0 atom stereocenters. The van der Waals surface area contributed by atoms with Gasteiger partial charge in [-0.3, -0.25) is 4.79 Å². The van der Waals surface area contributed by atoms with Crippen LogP contribution in [0.25, 0.3) is 5.76 Å². The van der Waals surface area contributed by atoms with Crippen LogP contribution < -0.4 is 0 Å². The average molecular weight is 285 g/mol. The molecule has 0 saturated carbocycles. The molecule has 0 heterocycles. The summed E-state index contributed by atoms with van der Waals surface area (Å²) in [6.07, 6.45) is 0. The molecule has 18 heavy (non-hydrogen) atoms. The average Bonchev–Trinajstić information content (AvgIpc) is 2.29. The maximum atomic E-state index is 11.7. The van der Waals surface area contributed by atoms with E-state index in [9.17, 15) is 9.90 Å². The molecule has 0 bridgehead atoms. The highest BCUT2D eigenvalue weighted by atomic mass is 35.5. The van der Waals surface area contributed by atoms with Crippen molar-refractivity contribution in [1.29, 1.82) is 5.26 Å². The van der Waals surface area contributed by atoms with E-state index >= 15 is 0 Å². The Balaban J connectivity index is 3.37. The topological polar surface area (TPSA) is 64.3 Å². The predicted molar refractivity (Wildman–Crippen MR) is 70.3 cm³/mol. The Morgan fingerprint density at radius 1 is 1.39 bits per heavy atom. The summed E-state index contributed by atoms with van der Waals surface area (Å²) in [5, 5.41) is 19.5. The van der Waals surface area contributed by atoms with E-state index in [1.54, 1.807) is 6.07 Å². The molecule has 4 nitrogen and oxygen atoms in total. The molecule has 0 spiro atoms. The van der Waals surface area contributed by atoms with Crippen LogP contribution in [0.3, 0.4) is 0 Å².